The number of aliphatic hydroxyl groups is 1. The Labute approximate surface area is 108 Å². The molecular formula is C13H23NO4. The zero-order valence-corrected chi connectivity index (χ0v) is 11.1. The SMILES string of the molecule is CCC1CC(C(=O)O)C(C(=O)N[C@H](CC)CO)C1. The van der Waals surface area contributed by atoms with E-state index in [2.05, 4.69) is 5.32 Å². The summed E-state index contributed by atoms with van der Waals surface area (Å²) in [5, 5.41) is 21.0. The number of nitrogens with one attached hydrogen (secondary N) is 1. The Bertz CT molecular complexity index is 301. The van der Waals surface area contributed by atoms with Crippen molar-refractivity contribution >= 4 is 11.9 Å². The number of carbonyl (C=O) groups excluding carboxylic acids is 1. The minimum Gasteiger partial charge on any atom is -0.481 e. The minimum atomic E-state index is -0.886. The van der Waals surface area contributed by atoms with Crippen molar-refractivity contribution in [3.63, 3.8) is 0 Å². The Morgan fingerprint density at radius 2 is 1.89 bits per heavy atom. The van der Waals surface area contributed by atoms with Gasteiger partial charge in [0.2, 0.25) is 5.91 Å². The van der Waals surface area contributed by atoms with Crippen LogP contribution in [0.25, 0.3) is 0 Å². The van der Waals surface area contributed by atoms with E-state index in [9.17, 15) is 9.59 Å². The molecule has 3 unspecified atom stereocenters. The average molecular weight is 257 g/mol. The van der Waals surface area contributed by atoms with Gasteiger partial charge >= 0.3 is 5.97 Å². The normalized spacial score (nSPS) is 28.9. The van der Waals surface area contributed by atoms with Gasteiger partial charge < -0.3 is 15.5 Å². The summed E-state index contributed by atoms with van der Waals surface area (Å²) in [5.41, 5.74) is 0. The maximum Gasteiger partial charge on any atom is 0.307 e. The molecular weight excluding hydrogens is 234 g/mol. The molecule has 18 heavy (non-hydrogen) atoms. The quantitative estimate of drug-likeness (QED) is 0.663. The van der Waals surface area contributed by atoms with Crippen molar-refractivity contribution in [2.24, 2.45) is 17.8 Å². The second-order valence-corrected chi connectivity index (χ2v) is 5.09. The summed E-state index contributed by atoms with van der Waals surface area (Å²) in [6, 6.07) is -0.271. The Morgan fingerprint density at radius 3 is 2.33 bits per heavy atom. The zero-order valence-electron chi connectivity index (χ0n) is 11.1. The van der Waals surface area contributed by atoms with Gasteiger partial charge in [-0.1, -0.05) is 20.3 Å². The van der Waals surface area contributed by atoms with Gasteiger partial charge in [0.1, 0.15) is 0 Å². The van der Waals surface area contributed by atoms with Gasteiger partial charge in [-0.05, 0) is 25.2 Å². The molecule has 1 aliphatic carbocycles. The summed E-state index contributed by atoms with van der Waals surface area (Å²) in [5.74, 6) is -1.82. The first-order valence-corrected chi connectivity index (χ1v) is 6.67. The molecule has 1 saturated carbocycles. The van der Waals surface area contributed by atoms with Gasteiger partial charge in [-0.2, -0.15) is 0 Å². The van der Waals surface area contributed by atoms with Crippen LogP contribution in [0.4, 0.5) is 0 Å². The molecule has 5 heteroatoms. The van der Waals surface area contributed by atoms with Crippen LogP contribution in [-0.4, -0.2) is 34.7 Å². The summed E-state index contributed by atoms with van der Waals surface area (Å²) in [6.45, 7) is 3.79. The first kappa shape index (κ1) is 15.0. The number of amides is 1. The van der Waals surface area contributed by atoms with Crippen LogP contribution in [0.1, 0.15) is 39.5 Å². The highest BCUT2D eigenvalue weighted by Gasteiger charge is 2.42. The summed E-state index contributed by atoms with van der Waals surface area (Å²) < 4.78 is 0. The maximum absolute atomic E-state index is 12.1. The molecule has 3 N–H and O–H groups in total. The van der Waals surface area contributed by atoms with Crippen LogP contribution in [-0.2, 0) is 9.59 Å². The number of aliphatic hydroxyl groups excluding tert-OH is 1. The van der Waals surface area contributed by atoms with Crippen molar-refractivity contribution in [2.45, 2.75) is 45.6 Å². The van der Waals surface area contributed by atoms with E-state index in [-0.39, 0.29) is 18.6 Å². The largest absolute Gasteiger partial charge is 0.481 e. The summed E-state index contributed by atoms with van der Waals surface area (Å²) in [4.78, 5) is 23.2. The average Bonchev–Trinajstić information content (AvgIpc) is 2.80. The zero-order chi connectivity index (χ0) is 13.7. The highest BCUT2D eigenvalue weighted by molar-refractivity contribution is 5.85. The third-order valence-corrected chi connectivity index (χ3v) is 3.95. The maximum atomic E-state index is 12.1. The van der Waals surface area contributed by atoms with E-state index in [1.54, 1.807) is 0 Å². The summed E-state index contributed by atoms with van der Waals surface area (Å²) in [7, 11) is 0. The first-order chi connectivity index (χ1) is 8.53. The molecule has 0 aliphatic heterocycles. The number of aliphatic carboxylic acids is 1. The molecule has 1 aliphatic rings. The molecule has 4 atom stereocenters. The van der Waals surface area contributed by atoms with E-state index in [1.165, 1.54) is 0 Å². The van der Waals surface area contributed by atoms with E-state index >= 15 is 0 Å². The second-order valence-electron chi connectivity index (χ2n) is 5.09. The van der Waals surface area contributed by atoms with Gasteiger partial charge in [-0.3, -0.25) is 9.59 Å². The summed E-state index contributed by atoms with van der Waals surface area (Å²) >= 11 is 0. The molecule has 0 aromatic rings. The van der Waals surface area contributed by atoms with Crippen molar-refractivity contribution in [3.8, 4) is 0 Å². The molecule has 0 saturated heterocycles. The molecule has 1 amide bonds. The van der Waals surface area contributed by atoms with E-state index in [1.807, 2.05) is 13.8 Å². The fraction of sp³-hybridized carbons (Fsp3) is 0.846. The Morgan fingerprint density at radius 1 is 1.28 bits per heavy atom. The second kappa shape index (κ2) is 6.73. The monoisotopic (exact) mass is 257 g/mol. The van der Waals surface area contributed by atoms with Crippen LogP contribution in [0, 0.1) is 17.8 Å². The molecule has 0 radical (unpaired) electrons. The molecule has 1 fully saturated rings. The van der Waals surface area contributed by atoms with Crippen LogP contribution in [0.2, 0.25) is 0 Å². The lowest BCUT2D eigenvalue weighted by atomic mass is 9.95. The van der Waals surface area contributed by atoms with Gasteiger partial charge in [0, 0.05) is 0 Å². The lowest BCUT2D eigenvalue weighted by molar-refractivity contribution is -0.146. The Kier molecular flexibility index (Phi) is 5.59. The lowest BCUT2D eigenvalue weighted by Crippen LogP contribution is -2.42. The number of rotatable bonds is 6. The van der Waals surface area contributed by atoms with Crippen molar-refractivity contribution in [1.29, 1.82) is 0 Å². The highest BCUT2D eigenvalue weighted by Crippen LogP contribution is 2.38. The Hall–Kier alpha value is -1.10. The van der Waals surface area contributed by atoms with Crippen molar-refractivity contribution in [2.75, 3.05) is 6.61 Å². The van der Waals surface area contributed by atoms with Gasteiger partial charge in [-0.25, -0.2) is 0 Å². The molecule has 0 aromatic heterocycles. The number of carboxylic acids is 1. The van der Waals surface area contributed by atoms with Crippen LogP contribution >= 0.6 is 0 Å². The fourth-order valence-corrected chi connectivity index (χ4v) is 2.62. The Balaban J connectivity index is 2.67. The van der Waals surface area contributed by atoms with E-state index in [0.29, 0.717) is 25.2 Å². The first-order valence-electron chi connectivity index (χ1n) is 6.67. The molecule has 0 heterocycles. The lowest BCUT2D eigenvalue weighted by Gasteiger charge is -2.20. The van der Waals surface area contributed by atoms with Gasteiger partial charge in [0.25, 0.3) is 0 Å². The number of hydrogen-bond donors (Lipinski definition) is 3. The van der Waals surface area contributed by atoms with Crippen LogP contribution in [0.15, 0.2) is 0 Å². The molecule has 5 nitrogen and oxygen atoms in total. The third kappa shape index (κ3) is 3.45. The van der Waals surface area contributed by atoms with E-state index < -0.39 is 17.8 Å². The predicted molar refractivity (Wildman–Crippen MR) is 66.9 cm³/mol. The third-order valence-electron chi connectivity index (χ3n) is 3.95. The van der Waals surface area contributed by atoms with E-state index in [0.717, 1.165) is 6.42 Å². The van der Waals surface area contributed by atoms with Gasteiger partial charge in [0.05, 0.1) is 24.5 Å². The van der Waals surface area contributed by atoms with Crippen LogP contribution in [0.5, 0.6) is 0 Å². The van der Waals surface area contributed by atoms with Gasteiger partial charge in [-0.15, -0.1) is 0 Å². The summed E-state index contributed by atoms with van der Waals surface area (Å²) in [6.07, 6.45) is 2.77. The number of carboxylic acid groups (broad SMARTS) is 1. The molecule has 0 bridgehead atoms. The van der Waals surface area contributed by atoms with Crippen molar-refractivity contribution < 1.29 is 19.8 Å². The molecule has 0 aromatic carbocycles. The molecule has 0 spiro atoms. The van der Waals surface area contributed by atoms with Crippen molar-refractivity contribution in [1.82, 2.24) is 5.32 Å². The van der Waals surface area contributed by atoms with Gasteiger partial charge in [0.15, 0.2) is 0 Å². The predicted octanol–water partition coefficient (Wildman–Crippen LogP) is 1.01. The van der Waals surface area contributed by atoms with Crippen LogP contribution < -0.4 is 5.32 Å². The highest BCUT2D eigenvalue weighted by atomic mass is 16.4. The molecule has 104 valence electrons. The fourth-order valence-electron chi connectivity index (χ4n) is 2.62. The standard InChI is InChI=1S/C13H23NO4/c1-3-8-5-10(11(6-8)13(17)18)12(16)14-9(4-2)7-15/h8-11,15H,3-7H2,1-2H3,(H,14,16)(H,17,18)/t8?,9-,10?,11?/m1/s1. The molecule has 1 rings (SSSR count). The number of carbonyl (C=O) groups is 2. The number of hydrogen-bond acceptors (Lipinski definition) is 3. The minimum absolute atomic E-state index is 0.107. The van der Waals surface area contributed by atoms with E-state index in [4.69, 9.17) is 10.2 Å². The topological polar surface area (TPSA) is 86.6 Å². The smallest absolute Gasteiger partial charge is 0.307 e. The van der Waals surface area contributed by atoms with Crippen molar-refractivity contribution in [3.05, 3.63) is 0 Å². The van der Waals surface area contributed by atoms with Crippen LogP contribution in [0.3, 0.4) is 0 Å².